The quantitative estimate of drug-likeness (QED) is 0.323. The van der Waals surface area contributed by atoms with Crippen LogP contribution in [0.15, 0.2) is 12.1 Å². The van der Waals surface area contributed by atoms with Gasteiger partial charge in [-0.1, -0.05) is 20.8 Å². The van der Waals surface area contributed by atoms with Crippen molar-refractivity contribution in [1.82, 2.24) is 5.32 Å². The molecule has 0 bridgehead atoms. The Labute approximate surface area is 163 Å². The van der Waals surface area contributed by atoms with E-state index in [4.69, 9.17) is 4.65 Å². The zero-order valence-electron chi connectivity index (χ0n) is 16.7. The van der Waals surface area contributed by atoms with Gasteiger partial charge >= 0.3 is 7.12 Å². The number of halogens is 1. The number of rotatable bonds is 10. The fraction of sp³-hybridized carbons (Fsp3) is 0.632. The van der Waals surface area contributed by atoms with Crippen LogP contribution in [0.3, 0.4) is 0 Å². The average Bonchev–Trinajstić information content (AvgIpc) is 2.94. The summed E-state index contributed by atoms with van der Waals surface area (Å²) in [5.41, 5.74) is 1.37. The van der Waals surface area contributed by atoms with Gasteiger partial charge in [0.1, 0.15) is 5.82 Å². The summed E-state index contributed by atoms with van der Waals surface area (Å²) in [4.78, 5) is 12.6. The van der Waals surface area contributed by atoms with E-state index in [1.807, 2.05) is 6.92 Å². The van der Waals surface area contributed by atoms with Gasteiger partial charge < -0.3 is 20.3 Å². The van der Waals surface area contributed by atoms with Crippen molar-refractivity contribution in [2.24, 2.45) is 11.3 Å². The maximum Gasteiger partial charge on any atom is 0.491 e. The lowest BCUT2D eigenvalue weighted by atomic mass is 9.79. The average molecular weight is 396 g/mol. The lowest BCUT2D eigenvalue weighted by Crippen LogP contribution is -2.42. The normalized spacial score (nSPS) is 16.0. The Hall–Kier alpha value is -1.17. The first-order chi connectivity index (χ1) is 12.8. The summed E-state index contributed by atoms with van der Waals surface area (Å²) in [5, 5.41) is 15.7. The predicted octanol–water partition coefficient (Wildman–Crippen LogP) is 2.32. The van der Waals surface area contributed by atoms with Crippen LogP contribution in [0, 0.1) is 17.2 Å². The van der Waals surface area contributed by atoms with E-state index in [0.29, 0.717) is 36.6 Å². The molecule has 1 heterocycles. The van der Waals surface area contributed by atoms with Gasteiger partial charge in [-0.2, -0.15) is 0 Å². The van der Waals surface area contributed by atoms with Gasteiger partial charge in [-0.3, -0.25) is 4.79 Å². The van der Waals surface area contributed by atoms with Crippen LogP contribution in [0.1, 0.15) is 39.2 Å². The van der Waals surface area contributed by atoms with Gasteiger partial charge in [0.15, 0.2) is 0 Å². The highest BCUT2D eigenvalue weighted by atomic mass is 31.1. The predicted molar refractivity (Wildman–Crippen MR) is 112 cm³/mol. The minimum Gasteiger partial charge on any atom is -0.423 e. The minimum atomic E-state index is -1.04. The molecule has 27 heavy (non-hydrogen) atoms. The summed E-state index contributed by atoms with van der Waals surface area (Å²) >= 11 is 0. The van der Waals surface area contributed by atoms with Crippen molar-refractivity contribution in [3.63, 3.8) is 0 Å². The van der Waals surface area contributed by atoms with Crippen LogP contribution in [-0.2, 0) is 16.1 Å². The fourth-order valence-corrected chi connectivity index (χ4v) is 4.73. The monoisotopic (exact) mass is 396 g/mol. The maximum absolute atomic E-state index is 14.1. The molecule has 8 heteroatoms. The Balaban J connectivity index is 1.79. The van der Waals surface area contributed by atoms with Gasteiger partial charge in [-0.15, -0.1) is 8.58 Å². The second-order valence-corrected chi connectivity index (χ2v) is 8.98. The van der Waals surface area contributed by atoms with Gasteiger partial charge in [-0.05, 0) is 54.7 Å². The Morgan fingerprint density at radius 3 is 2.85 bits per heavy atom. The lowest BCUT2D eigenvalue weighted by Gasteiger charge is -2.29. The van der Waals surface area contributed by atoms with Crippen molar-refractivity contribution in [1.29, 1.82) is 0 Å². The molecule has 1 amide bonds. The van der Waals surface area contributed by atoms with Crippen LogP contribution in [0.4, 0.5) is 10.1 Å². The van der Waals surface area contributed by atoms with E-state index in [9.17, 15) is 14.2 Å². The summed E-state index contributed by atoms with van der Waals surface area (Å²) in [7, 11) is -0.295. The number of anilines is 1. The Bertz CT molecular complexity index is 662. The molecule has 2 atom stereocenters. The molecule has 2 rings (SSSR count). The summed E-state index contributed by atoms with van der Waals surface area (Å²) < 4.78 is 19.2. The van der Waals surface area contributed by atoms with E-state index in [1.165, 1.54) is 6.07 Å². The third-order valence-electron chi connectivity index (χ3n) is 4.82. The van der Waals surface area contributed by atoms with Crippen LogP contribution < -0.4 is 16.1 Å². The maximum atomic E-state index is 14.1. The highest BCUT2D eigenvalue weighted by Gasteiger charge is 2.32. The molecule has 0 saturated heterocycles. The smallest absolute Gasteiger partial charge is 0.423 e. The number of hydrogen-bond acceptors (Lipinski definition) is 4. The van der Waals surface area contributed by atoms with Crippen LogP contribution in [-0.4, -0.2) is 44.0 Å². The zero-order chi connectivity index (χ0) is 20.0. The second kappa shape index (κ2) is 9.86. The standard InChI is InChI=1S/C19H31BFN2O3P/c1-13(2)10-19(3,12-27-4)18(24)23-7-5-6-22-17-8-14-11-26-20(25)15(14)9-16(17)21/h8-9,13,22,25,27H,5-7,10-12H2,1-4H3,(H,23,24). The lowest BCUT2D eigenvalue weighted by molar-refractivity contribution is -0.129. The molecule has 0 spiro atoms. The van der Waals surface area contributed by atoms with E-state index in [0.717, 1.165) is 26.7 Å². The number of benzene rings is 1. The van der Waals surface area contributed by atoms with Crippen molar-refractivity contribution in [2.45, 2.75) is 40.2 Å². The Morgan fingerprint density at radius 2 is 2.19 bits per heavy atom. The number of carbonyl (C=O) groups excluding carboxylic acids is 1. The number of hydrogen-bond donors (Lipinski definition) is 3. The Kier molecular flexibility index (Phi) is 8.08. The molecule has 1 aromatic rings. The largest absolute Gasteiger partial charge is 0.491 e. The third kappa shape index (κ3) is 5.90. The van der Waals surface area contributed by atoms with E-state index < -0.39 is 12.9 Å². The topological polar surface area (TPSA) is 70.6 Å². The summed E-state index contributed by atoms with van der Waals surface area (Å²) in [5.74, 6) is 0.181. The Morgan fingerprint density at radius 1 is 1.44 bits per heavy atom. The highest BCUT2D eigenvalue weighted by molar-refractivity contribution is 7.37. The number of nitrogens with one attached hydrogen (secondary N) is 2. The second-order valence-electron chi connectivity index (χ2n) is 7.92. The first-order valence-corrected chi connectivity index (χ1v) is 11.3. The van der Waals surface area contributed by atoms with E-state index in [-0.39, 0.29) is 17.9 Å². The molecule has 1 aliphatic rings. The van der Waals surface area contributed by atoms with E-state index in [1.54, 1.807) is 6.07 Å². The summed E-state index contributed by atoms with van der Waals surface area (Å²) in [6.07, 6.45) is 2.49. The van der Waals surface area contributed by atoms with Crippen molar-refractivity contribution >= 4 is 32.8 Å². The van der Waals surface area contributed by atoms with Gasteiger partial charge in [0, 0.05) is 13.1 Å². The van der Waals surface area contributed by atoms with Gasteiger partial charge in [-0.25, -0.2) is 4.39 Å². The number of amides is 1. The molecule has 0 aliphatic carbocycles. The molecule has 1 aliphatic heterocycles. The zero-order valence-corrected chi connectivity index (χ0v) is 17.7. The molecule has 0 saturated carbocycles. The molecular formula is C19H31BFN2O3P. The molecular weight excluding hydrogens is 365 g/mol. The minimum absolute atomic E-state index is 0.111. The molecule has 0 fully saturated rings. The third-order valence-corrected chi connectivity index (χ3v) is 5.95. The molecule has 150 valence electrons. The van der Waals surface area contributed by atoms with Crippen molar-refractivity contribution in [3.05, 3.63) is 23.5 Å². The van der Waals surface area contributed by atoms with Crippen LogP contribution in [0.2, 0.25) is 0 Å². The SMILES string of the molecule is CPCC(C)(CC(C)C)C(=O)NCCCNc1cc2c(cc1F)B(O)OC2. The number of carbonyl (C=O) groups is 1. The summed E-state index contributed by atoms with van der Waals surface area (Å²) in [6.45, 7) is 9.86. The van der Waals surface area contributed by atoms with Gasteiger partial charge in [0.25, 0.3) is 0 Å². The number of fused-ring (bicyclic) bond motifs is 1. The van der Waals surface area contributed by atoms with Crippen molar-refractivity contribution < 1.29 is 18.9 Å². The van der Waals surface area contributed by atoms with Crippen molar-refractivity contribution in [2.75, 3.05) is 31.2 Å². The molecule has 0 aromatic heterocycles. The van der Waals surface area contributed by atoms with E-state index in [2.05, 4.69) is 31.1 Å². The van der Waals surface area contributed by atoms with E-state index >= 15 is 0 Å². The molecule has 3 N–H and O–H groups in total. The summed E-state index contributed by atoms with van der Waals surface area (Å²) in [6, 6.07) is 3.00. The molecule has 0 radical (unpaired) electrons. The van der Waals surface area contributed by atoms with Crippen LogP contribution in [0.25, 0.3) is 0 Å². The van der Waals surface area contributed by atoms with Crippen LogP contribution >= 0.6 is 8.58 Å². The first kappa shape index (κ1) is 22.1. The molecule has 2 unspecified atom stereocenters. The van der Waals surface area contributed by atoms with Gasteiger partial charge in [0.2, 0.25) is 5.91 Å². The van der Waals surface area contributed by atoms with Gasteiger partial charge in [0.05, 0.1) is 17.7 Å². The molecule has 1 aromatic carbocycles. The highest BCUT2D eigenvalue weighted by Crippen LogP contribution is 2.31. The molecule has 5 nitrogen and oxygen atoms in total. The van der Waals surface area contributed by atoms with Crippen LogP contribution in [0.5, 0.6) is 0 Å². The van der Waals surface area contributed by atoms with Crippen molar-refractivity contribution in [3.8, 4) is 0 Å². The first-order valence-electron chi connectivity index (χ1n) is 9.55. The fourth-order valence-electron chi connectivity index (χ4n) is 3.65.